The first-order chi connectivity index (χ1) is 9.78. The number of halogens is 1. The van der Waals surface area contributed by atoms with Crippen molar-refractivity contribution in [2.24, 2.45) is 0 Å². The highest BCUT2D eigenvalue weighted by Crippen LogP contribution is 2.39. The third-order valence-electron chi connectivity index (χ3n) is 3.12. The predicted molar refractivity (Wildman–Crippen MR) is 77.9 cm³/mol. The Morgan fingerprint density at radius 3 is 2.75 bits per heavy atom. The number of rotatable bonds is 4. The van der Waals surface area contributed by atoms with E-state index in [-0.39, 0.29) is 6.79 Å². The molecule has 20 heavy (non-hydrogen) atoms. The summed E-state index contributed by atoms with van der Waals surface area (Å²) in [6, 6.07) is 11.5. The SMILES string of the molecule is COc1ccccc1CNc1cc2c(cc1Cl)OCO2. The summed E-state index contributed by atoms with van der Waals surface area (Å²) in [6.07, 6.45) is 0. The Kier molecular flexibility index (Phi) is 3.56. The summed E-state index contributed by atoms with van der Waals surface area (Å²) in [5.74, 6) is 2.23. The van der Waals surface area contributed by atoms with Gasteiger partial charge in [-0.2, -0.15) is 0 Å². The summed E-state index contributed by atoms with van der Waals surface area (Å²) < 4.78 is 15.9. The zero-order valence-electron chi connectivity index (χ0n) is 11.0. The van der Waals surface area contributed by atoms with E-state index in [9.17, 15) is 0 Å². The van der Waals surface area contributed by atoms with Gasteiger partial charge in [0.1, 0.15) is 5.75 Å². The average molecular weight is 292 g/mol. The lowest BCUT2D eigenvalue weighted by Crippen LogP contribution is -2.02. The molecule has 3 rings (SSSR count). The molecule has 0 spiro atoms. The largest absolute Gasteiger partial charge is 0.496 e. The Labute approximate surface area is 122 Å². The first-order valence-corrected chi connectivity index (χ1v) is 6.60. The number of methoxy groups -OCH3 is 1. The summed E-state index contributed by atoms with van der Waals surface area (Å²) >= 11 is 6.22. The van der Waals surface area contributed by atoms with E-state index in [1.54, 1.807) is 13.2 Å². The molecule has 1 aliphatic rings. The summed E-state index contributed by atoms with van der Waals surface area (Å²) in [6.45, 7) is 0.852. The van der Waals surface area contributed by atoms with E-state index in [1.807, 2.05) is 30.3 Å². The fourth-order valence-electron chi connectivity index (χ4n) is 2.09. The van der Waals surface area contributed by atoms with E-state index in [0.717, 1.165) is 17.0 Å². The van der Waals surface area contributed by atoms with E-state index in [2.05, 4.69) is 5.32 Å². The van der Waals surface area contributed by atoms with Crippen molar-refractivity contribution >= 4 is 17.3 Å². The lowest BCUT2D eigenvalue weighted by molar-refractivity contribution is 0.174. The first-order valence-electron chi connectivity index (χ1n) is 6.23. The van der Waals surface area contributed by atoms with Crippen LogP contribution in [0.15, 0.2) is 36.4 Å². The number of hydrogen-bond acceptors (Lipinski definition) is 4. The van der Waals surface area contributed by atoms with Crippen LogP contribution < -0.4 is 19.5 Å². The number of fused-ring (bicyclic) bond motifs is 1. The van der Waals surface area contributed by atoms with Crippen LogP contribution in [0.25, 0.3) is 0 Å². The topological polar surface area (TPSA) is 39.7 Å². The number of para-hydroxylation sites is 1. The first kappa shape index (κ1) is 12.9. The van der Waals surface area contributed by atoms with Crippen molar-refractivity contribution in [3.05, 3.63) is 47.0 Å². The van der Waals surface area contributed by atoms with E-state index in [0.29, 0.717) is 23.1 Å². The van der Waals surface area contributed by atoms with Crippen molar-refractivity contribution < 1.29 is 14.2 Å². The van der Waals surface area contributed by atoms with Crippen LogP contribution in [-0.2, 0) is 6.54 Å². The number of nitrogens with one attached hydrogen (secondary N) is 1. The van der Waals surface area contributed by atoms with Gasteiger partial charge >= 0.3 is 0 Å². The van der Waals surface area contributed by atoms with Crippen molar-refractivity contribution in [2.45, 2.75) is 6.54 Å². The molecule has 0 saturated heterocycles. The van der Waals surface area contributed by atoms with Gasteiger partial charge in [-0.1, -0.05) is 29.8 Å². The van der Waals surface area contributed by atoms with Gasteiger partial charge < -0.3 is 19.5 Å². The van der Waals surface area contributed by atoms with Gasteiger partial charge in [0, 0.05) is 24.2 Å². The minimum atomic E-state index is 0.238. The van der Waals surface area contributed by atoms with Crippen molar-refractivity contribution in [3.8, 4) is 17.2 Å². The maximum absolute atomic E-state index is 6.22. The average Bonchev–Trinajstić information content (AvgIpc) is 2.92. The highest BCUT2D eigenvalue weighted by Gasteiger charge is 2.16. The second-order valence-corrected chi connectivity index (χ2v) is 4.76. The molecular formula is C15H14ClNO3. The van der Waals surface area contributed by atoms with E-state index in [4.69, 9.17) is 25.8 Å². The number of ether oxygens (including phenoxy) is 3. The highest BCUT2D eigenvalue weighted by atomic mass is 35.5. The molecule has 2 aromatic rings. The maximum atomic E-state index is 6.22. The van der Waals surface area contributed by atoms with E-state index in [1.165, 1.54) is 0 Å². The van der Waals surface area contributed by atoms with Crippen LogP contribution in [-0.4, -0.2) is 13.9 Å². The molecule has 0 aromatic heterocycles. The highest BCUT2D eigenvalue weighted by molar-refractivity contribution is 6.33. The molecule has 0 amide bonds. The molecule has 1 heterocycles. The van der Waals surface area contributed by atoms with Crippen LogP contribution in [0.5, 0.6) is 17.2 Å². The van der Waals surface area contributed by atoms with Gasteiger partial charge in [-0.15, -0.1) is 0 Å². The smallest absolute Gasteiger partial charge is 0.231 e. The van der Waals surface area contributed by atoms with Gasteiger partial charge in [-0.3, -0.25) is 0 Å². The zero-order chi connectivity index (χ0) is 13.9. The number of hydrogen-bond donors (Lipinski definition) is 1. The van der Waals surface area contributed by atoms with Crippen LogP contribution >= 0.6 is 11.6 Å². The molecule has 4 nitrogen and oxygen atoms in total. The molecule has 5 heteroatoms. The van der Waals surface area contributed by atoms with Crippen LogP contribution in [0.3, 0.4) is 0 Å². The summed E-state index contributed by atoms with van der Waals surface area (Å²) in [5, 5.41) is 3.89. The molecular weight excluding hydrogens is 278 g/mol. The second-order valence-electron chi connectivity index (χ2n) is 4.35. The van der Waals surface area contributed by atoms with Gasteiger partial charge in [0.25, 0.3) is 0 Å². The third-order valence-corrected chi connectivity index (χ3v) is 3.44. The molecule has 0 aliphatic carbocycles. The summed E-state index contributed by atoms with van der Waals surface area (Å²) in [5.41, 5.74) is 1.87. The van der Waals surface area contributed by atoms with Gasteiger partial charge in [0.15, 0.2) is 11.5 Å². The normalized spacial score (nSPS) is 12.3. The van der Waals surface area contributed by atoms with Crippen LogP contribution in [0, 0.1) is 0 Å². The third kappa shape index (κ3) is 2.47. The predicted octanol–water partition coefficient (Wildman–Crippen LogP) is 3.69. The Morgan fingerprint density at radius 2 is 1.95 bits per heavy atom. The fraction of sp³-hybridized carbons (Fsp3) is 0.200. The zero-order valence-corrected chi connectivity index (χ0v) is 11.7. The molecule has 0 unspecified atom stereocenters. The molecule has 0 bridgehead atoms. The second kappa shape index (κ2) is 5.51. The Hall–Kier alpha value is -2.07. The Balaban J connectivity index is 1.78. The fourth-order valence-corrected chi connectivity index (χ4v) is 2.31. The van der Waals surface area contributed by atoms with Crippen molar-refractivity contribution in [2.75, 3.05) is 19.2 Å². The van der Waals surface area contributed by atoms with Crippen LogP contribution in [0.2, 0.25) is 5.02 Å². The van der Waals surface area contributed by atoms with E-state index < -0.39 is 0 Å². The van der Waals surface area contributed by atoms with Crippen molar-refractivity contribution in [3.63, 3.8) is 0 Å². The standard InChI is InChI=1S/C15H14ClNO3/c1-18-13-5-3-2-4-10(13)8-17-12-7-15-14(6-11(12)16)19-9-20-15/h2-7,17H,8-9H2,1H3. The summed E-state index contributed by atoms with van der Waals surface area (Å²) in [4.78, 5) is 0. The Bertz CT molecular complexity index is 631. The van der Waals surface area contributed by atoms with Crippen LogP contribution in [0.1, 0.15) is 5.56 Å². The van der Waals surface area contributed by atoms with Gasteiger partial charge in [0.05, 0.1) is 17.8 Å². The lowest BCUT2D eigenvalue weighted by Gasteiger charge is -2.12. The summed E-state index contributed by atoms with van der Waals surface area (Å²) in [7, 11) is 1.66. The monoisotopic (exact) mass is 291 g/mol. The van der Waals surface area contributed by atoms with Crippen LogP contribution in [0.4, 0.5) is 5.69 Å². The molecule has 1 N–H and O–H groups in total. The molecule has 1 aliphatic heterocycles. The van der Waals surface area contributed by atoms with Crippen molar-refractivity contribution in [1.29, 1.82) is 0 Å². The van der Waals surface area contributed by atoms with Gasteiger partial charge in [-0.05, 0) is 6.07 Å². The molecule has 0 radical (unpaired) electrons. The maximum Gasteiger partial charge on any atom is 0.231 e. The molecule has 0 fully saturated rings. The van der Waals surface area contributed by atoms with Crippen molar-refractivity contribution in [1.82, 2.24) is 0 Å². The molecule has 0 saturated carbocycles. The van der Waals surface area contributed by atoms with Gasteiger partial charge in [0.2, 0.25) is 6.79 Å². The molecule has 0 atom stereocenters. The quantitative estimate of drug-likeness (QED) is 0.932. The Morgan fingerprint density at radius 1 is 1.20 bits per heavy atom. The molecule has 2 aromatic carbocycles. The lowest BCUT2D eigenvalue weighted by atomic mass is 10.2. The number of benzene rings is 2. The van der Waals surface area contributed by atoms with E-state index >= 15 is 0 Å². The minimum Gasteiger partial charge on any atom is -0.496 e. The number of anilines is 1. The molecule has 104 valence electrons. The minimum absolute atomic E-state index is 0.238. The van der Waals surface area contributed by atoms with Gasteiger partial charge in [-0.25, -0.2) is 0 Å².